The molecule has 0 amide bonds. The summed E-state index contributed by atoms with van der Waals surface area (Å²) in [6.45, 7) is 8.69. The highest BCUT2D eigenvalue weighted by molar-refractivity contribution is 5.42. The number of benzene rings is 1. The minimum atomic E-state index is 0.534. The second kappa shape index (κ2) is 6.57. The lowest BCUT2D eigenvalue weighted by molar-refractivity contribution is 0.0322. The Morgan fingerprint density at radius 2 is 2.20 bits per heavy atom. The Labute approximate surface area is 121 Å². The highest BCUT2D eigenvalue weighted by atomic mass is 16.5. The van der Waals surface area contributed by atoms with Gasteiger partial charge in [0.25, 0.3) is 0 Å². The SMILES string of the molecule is CC1Cc2c(cccc2OCCN2CCOCC2)CN1. The molecule has 20 heavy (non-hydrogen) atoms. The van der Waals surface area contributed by atoms with Gasteiger partial charge in [0.05, 0.1) is 13.2 Å². The van der Waals surface area contributed by atoms with Crippen LogP contribution in [0.25, 0.3) is 0 Å². The molecule has 0 saturated carbocycles. The van der Waals surface area contributed by atoms with Gasteiger partial charge in [-0.25, -0.2) is 0 Å². The third-order valence-corrected chi connectivity index (χ3v) is 4.15. The molecule has 2 heterocycles. The number of hydrogen-bond acceptors (Lipinski definition) is 4. The first-order valence-corrected chi connectivity index (χ1v) is 7.60. The highest BCUT2D eigenvalue weighted by Crippen LogP contribution is 2.26. The molecule has 0 spiro atoms. The zero-order valence-corrected chi connectivity index (χ0v) is 12.2. The number of ether oxygens (including phenoxy) is 2. The number of rotatable bonds is 4. The van der Waals surface area contributed by atoms with Crippen molar-refractivity contribution in [3.8, 4) is 5.75 Å². The van der Waals surface area contributed by atoms with Gasteiger partial charge in [0.1, 0.15) is 12.4 Å². The fraction of sp³-hybridized carbons (Fsp3) is 0.625. The van der Waals surface area contributed by atoms with Crippen LogP contribution >= 0.6 is 0 Å². The Hall–Kier alpha value is -1.10. The molecule has 2 aliphatic heterocycles. The monoisotopic (exact) mass is 276 g/mol. The summed E-state index contributed by atoms with van der Waals surface area (Å²) in [7, 11) is 0. The van der Waals surface area contributed by atoms with Gasteiger partial charge < -0.3 is 14.8 Å². The van der Waals surface area contributed by atoms with Crippen LogP contribution < -0.4 is 10.1 Å². The van der Waals surface area contributed by atoms with Crippen LogP contribution in [0.4, 0.5) is 0 Å². The molecule has 1 aromatic carbocycles. The summed E-state index contributed by atoms with van der Waals surface area (Å²) in [5, 5.41) is 3.50. The Morgan fingerprint density at radius 1 is 1.35 bits per heavy atom. The van der Waals surface area contributed by atoms with Crippen LogP contribution in [-0.2, 0) is 17.7 Å². The molecule has 1 fully saturated rings. The molecule has 4 nitrogen and oxygen atoms in total. The van der Waals surface area contributed by atoms with E-state index in [-0.39, 0.29) is 0 Å². The van der Waals surface area contributed by atoms with Crippen molar-refractivity contribution in [3.63, 3.8) is 0 Å². The number of nitrogens with zero attached hydrogens (tertiary/aromatic N) is 1. The van der Waals surface area contributed by atoms with Crippen molar-refractivity contribution in [1.29, 1.82) is 0 Å². The minimum Gasteiger partial charge on any atom is -0.492 e. The minimum absolute atomic E-state index is 0.534. The molecular weight excluding hydrogens is 252 g/mol. The average molecular weight is 276 g/mol. The van der Waals surface area contributed by atoms with E-state index in [1.165, 1.54) is 11.1 Å². The molecule has 1 N–H and O–H groups in total. The number of morpholine rings is 1. The molecule has 0 aliphatic carbocycles. The van der Waals surface area contributed by atoms with Gasteiger partial charge in [0, 0.05) is 37.8 Å². The van der Waals surface area contributed by atoms with Crippen molar-refractivity contribution in [1.82, 2.24) is 10.2 Å². The molecule has 1 unspecified atom stereocenters. The Kier molecular flexibility index (Phi) is 4.55. The van der Waals surface area contributed by atoms with Gasteiger partial charge in [-0.3, -0.25) is 4.90 Å². The third-order valence-electron chi connectivity index (χ3n) is 4.15. The summed E-state index contributed by atoms with van der Waals surface area (Å²) in [5.41, 5.74) is 2.77. The normalized spacial score (nSPS) is 23.4. The largest absolute Gasteiger partial charge is 0.492 e. The van der Waals surface area contributed by atoms with Crippen LogP contribution in [-0.4, -0.2) is 50.4 Å². The fourth-order valence-electron chi connectivity index (χ4n) is 2.92. The average Bonchev–Trinajstić information content (AvgIpc) is 2.49. The lowest BCUT2D eigenvalue weighted by Gasteiger charge is -2.28. The first-order chi connectivity index (χ1) is 9.83. The molecular formula is C16H24N2O2. The predicted octanol–water partition coefficient (Wildman–Crippen LogP) is 1.43. The van der Waals surface area contributed by atoms with Crippen LogP contribution in [0.5, 0.6) is 5.75 Å². The van der Waals surface area contributed by atoms with Gasteiger partial charge >= 0.3 is 0 Å². The third kappa shape index (κ3) is 3.32. The van der Waals surface area contributed by atoms with E-state index in [9.17, 15) is 0 Å². The quantitative estimate of drug-likeness (QED) is 0.902. The molecule has 0 radical (unpaired) electrons. The van der Waals surface area contributed by atoms with Crippen molar-refractivity contribution in [2.75, 3.05) is 39.5 Å². The predicted molar refractivity (Wildman–Crippen MR) is 79.2 cm³/mol. The number of nitrogens with one attached hydrogen (secondary N) is 1. The molecule has 1 saturated heterocycles. The van der Waals surface area contributed by atoms with Crippen molar-refractivity contribution in [3.05, 3.63) is 29.3 Å². The van der Waals surface area contributed by atoms with E-state index in [1.807, 2.05) is 0 Å². The van der Waals surface area contributed by atoms with Crippen LogP contribution in [0.1, 0.15) is 18.1 Å². The summed E-state index contributed by atoms with van der Waals surface area (Å²) in [5.74, 6) is 1.07. The first-order valence-electron chi connectivity index (χ1n) is 7.60. The summed E-state index contributed by atoms with van der Waals surface area (Å²) in [6.07, 6.45) is 1.06. The maximum atomic E-state index is 6.05. The zero-order chi connectivity index (χ0) is 13.8. The molecule has 0 bridgehead atoms. The molecule has 2 aliphatic rings. The van der Waals surface area contributed by atoms with Crippen LogP contribution in [0.15, 0.2) is 18.2 Å². The first kappa shape index (κ1) is 13.9. The van der Waals surface area contributed by atoms with Crippen LogP contribution in [0.2, 0.25) is 0 Å². The summed E-state index contributed by atoms with van der Waals surface area (Å²) >= 11 is 0. The molecule has 110 valence electrons. The van der Waals surface area contributed by atoms with Gasteiger partial charge in [-0.15, -0.1) is 0 Å². The lowest BCUT2D eigenvalue weighted by Crippen LogP contribution is -2.38. The molecule has 1 aromatic rings. The summed E-state index contributed by atoms with van der Waals surface area (Å²) < 4.78 is 11.4. The van der Waals surface area contributed by atoms with E-state index in [4.69, 9.17) is 9.47 Å². The van der Waals surface area contributed by atoms with Crippen molar-refractivity contribution in [2.24, 2.45) is 0 Å². The second-order valence-corrected chi connectivity index (χ2v) is 5.68. The van der Waals surface area contributed by atoms with Gasteiger partial charge in [-0.05, 0) is 25.0 Å². The van der Waals surface area contributed by atoms with Crippen LogP contribution in [0, 0.1) is 0 Å². The molecule has 0 aromatic heterocycles. The number of fused-ring (bicyclic) bond motifs is 1. The van der Waals surface area contributed by atoms with Gasteiger partial charge in [0.2, 0.25) is 0 Å². The molecule has 4 heteroatoms. The number of hydrogen-bond donors (Lipinski definition) is 1. The summed E-state index contributed by atoms with van der Waals surface area (Å²) in [4.78, 5) is 2.41. The Morgan fingerprint density at radius 3 is 3.05 bits per heavy atom. The van der Waals surface area contributed by atoms with Crippen molar-refractivity contribution < 1.29 is 9.47 Å². The summed E-state index contributed by atoms with van der Waals surface area (Å²) in [6, 6.07) is 6.94. The zero-order valence-electron chi connectivity index (χ0n) is 12.2. The van der Waals surface area contributed by atoms with Crippen molar-refractivity contribution >= 4 is 0 Å². The topological polar surface area (TPSA) is 33.7 Å². The molecule has 3 rings (SSSR count). The van der Waals surface area contributed by atoms with Crippen LogP contribution in [0.3, 0.4) is 0 Å². The van der Waals surface area contributed by atoms with E-state index in [0.717, 1.165) is 58.2 Å². The second-order valence-electron chi connectivity index (χ2n) is 5.68. The maximum absolute atomic E-state index is 6.05. The fourth-order valence-corrected chi connectivity index (χ4v) is 2.92. The van der Waals surface area contributed by atoms with E-state index >= 15 is 0 Å². The van der Waals surface area contributed by atoms with E-state index < -0.39 is 0 Å². The van der Waals surface area contributed by atoms with Gasteiger partial charge in [0.15, 0.2) is 0 Å². The standard InChI is InChI=1S/C16H24N2O2/c1-13-11-15-14(12-17-13)3-2-4-16(15)20-10-7-18-5-8-19-9-6-18/h2-4,13,17H,5-12H2,1H3. The van der Waals surface area contributed by atoms with E-state index in [2.05, 4.69) is 35.3 Å². The van der Waals surface area contributed by atoms with Crippen molar-refractivity contribution in [2.45, 2.75) is 25.9 Å². The smallest absolute Gasteiger partial charge is 0.122 e. The highest BCUT2D eigenvalue weighted by Gasteiger charge is 2.18. The van der Waals surface area contributed by atoms with Gasteiger partial charge in [-0.2, -0.15) is 0 Å². The lowest BCUT2D eigenvalue weighted by atomic mass is 9.96. The maximum Gasteiger partial charge on any atom is 0.122 e. The Bertz CT molecular complexity index is 444. The van der Waals surface area contributed by atoms with E-state index in [1.54, 1.807) is 0 Å². The molecule has 1 atom stereocenters. The van der Waals surface area contributed by atoms with E-state index in [0.29, 0.717) is 6.04 Å². The van der Waals surface area contributed by atoms with Gasteiger partial charge in [-0.1, -0.05) is 12.1 Å². The Balaban J connectivity index is 1.57.